The van der Waals surface area contributed by atoms with E-state index in [0.717, 1.165) is 79.7 Å². The van der Waals surface area contributed by atoms with Crippen molar-refractivity contribution in [3.8, 4) is 0 Å². The topological polar surface area (TPSA) is 72.1 Å². The molecule has 0 N–H and O–H groups in total. The van der Waals surface area contributed by atoms with Gasteiger partial charge in [-0.15, -0.1) is 0 Å². The van der Waals surface area contributed by atoms with Gasteiger partial charge in [0.1, 0.15) is 5.76 Å². The van der Waals surface area contributed by atoms with Gasteiger partial charge in [-0.1, -0.05) is 5.16 Å². The fourth-order valence-electron chi connectivity index (χ4n) is 4.28. The number of fused-ring (bicyclic) bond motifs is 2. The molecule has 0 aromatic carbocycles. The first kappa shape index (κ1) is 16.4. The van der Waals surface area contributed by atoms with Crippen LogP contribution in [-0.2, 0) is 12.8 Å². The van der Waals surface area contributed by atoms with Crippen LogP contribution in [-0.4, -0.2) is 39.0 Å². The second-order valence-electron chi connectivity index (χ2n) is 7.49. The van der Waals surface area contributed by atoms with Gasteiger partial charge < -0.3 is 9.42 Å². The summed E-state index contributed by atoms with van der Waals surface area (Å²) >= 11 is 0. The van der Waals surface area contributed by atoms with E-state index in [1.54, 1.807) is 6.20 Å². The zero-order valence-electron chi connectivity index (χ0n) is 15.2. The number of nitrogens with zero attached hydrogens (tertiary/aromatic N) is 4. The summed E-state index contributed by atoms with van der Waals surface area (Å²) in [5.41, 5.74) is 3.45. The minimum Gasteiger partial charge on any atom is -0.360 e. The number of rotatable bonds is 2. The Morgan fingerprint density at radius 3 is 2.85 bits per heavy atom. The zero-order valence-corrected chi connectivity index (χ0v) is 15.2. The van der Waals surface area contributed by atoms with Gasteiger partial charge >= 0.3 is 0 Å². The summed E-state index contributed by atoms with van der Waals surface area (Å²) in [5.74, 6) is 1.30. The highest BCUT2D eigenvalue weighted by molar-refractivity contribution is 5.94. The van der Waals surface area contributed by atoms with E-state index in [0.29, 0.717) is 11.6 Å². The van der Waals surface area contributed by atoms with E-state index in [2.05, 4.69) is 22.3 Å². The highest BCUT2D eigenvalue weighted by Crippen LogP contribution is 2.30. The van der Waals surface area contributed by atoms with Gasteiger partial charge in [-0.2, -0.15) is 0 Å². The molecule has 0 atom stereocenters. The fourth-order valence-corrected chi connectivity index (χ4v) is 4.28. The van der Waals surface area contributed by atoms with E-state index >= 15 is 0 Å². The van der Waals surface area contributed by atoms with Crippen LogP contribution in [0.4, 0.5) is 0 Å². The lowest BCUT2D eigenvalue weighted by Crippen LogP contribution is -2.38. The molecule has 6 nitrogen and oxygen atoms in total. The Bertz CT molecular complexity index is 989. The summed E-state index contributed by atoms with van der Waals surface area (Å²) in [4.78, 5) is 23.9. The van der Waals surface area contributed by atoms with Gasteiger partial charge in [-0.25, -0.2) is 9.97 Å². The van der Waals surface area contributed by atoms with E-state index in [1.165, 1.54) is 0 Å². The van der Waals surface area contributed by atoms with Crippen LogP contribution in [0.1, 0.15) is 59.1 Å². The lowest BCUT2D eigenvalue weighted by molar-refractivity contribution is 0.0700. The van der Waals surface area contributed by atoms with Crippen molar-refractivity contribution in [3.63, 3.8) is 0 Å². The highest BCUT2D eigenvalue weighted by atomic mass is 16.5. The van der Waals surface area contributed by atoms with Crippen LogP contribution < -0.4 is 0 Å². The summed E-state index contributed by atoms with van der Waals surface area (Å²) in [7, 11) is 0. The van der Waals surface area contributed by atoms with Gasteiger partial charge in [0.15, 0.2) is 11.3 Å². The summed E-state index contributed by atoms with van der Waals surface area (Å²) in [6, 6.07) is 8.14. The van der Waals surface area contributed by atoms with E-state index in [9.17, 15) is 4.79 Å². The minimum absolute atomic E-state index is 0.0217. The SMILES string of the molecule is O=C(c1noc2c1CCCC2)N1CCC(c2ccc3cccnc3n2)CC1. The fraction of sp³-hybridized carbons (Fsp3) is 0.429. The zero-order chi connectivity index (χ0) is 18.2. The number of carbonyl (C=O) groups is 1. The molecule has 6 heteroatoms. The normalized spacial score (nSPS) is 17.9. The number of aryl methyl sites for hydroxylation is 1. The van der Waals surface area contributed by atoms with Gasteiger partial charge in [0.25, 0.3) is 5.91 Å². The van der Waals surface area contributed by atoms with Crippen LogP contribution in [0.25, 0.3) is 11.0 Å². The average molecular weight is 362 g/mol. The molecule has 1 aliphatic carbocycles. The Balaban J connectivity index is 1.29. The van der Waals surface area contributed by atoms with Crippen LogP contribution in [0.15, 0.2) is 35.0 Å². The molecule has 138 valence electrons. The number of carbonyl (C=O) groups excluding carboxylic acids is 1. The lowest BCUT2D eigenvalue weighted by atomic mass is 9.92. The molecular weight excluding hydrogens is 340 g/mol. The van der Waals surface area contributed by atoms with Crippen molar-refractivity contribution in [2.24, 2.45) is 0 Å². The number of amides is 1. The Morgan fingerprint density at radius 1 is 1.11 bits per heavy atom. The molecule has 1 fully saturated rings. The molecule has 27 heavy (non-hydrogen) atoms. The largest absolute Gasteiger partial charge is 0.360 e. The Morgan fingerprint density at radius 2 is 1.96 bits per heavy atom. The number of piperidine rings is 1. The Labute approximate surface area is 157 Å². The Hall–Kier alpha value is -2.76. The molecule has 5 rings (SSSR count). The van der Waals surface area contributed by atoms with Crippen molar-refractivity contribution in [2.45, 2.75) is 44.4 Å². The van der Waals surface area contributed by atoms with Crippen molar-refractivity contribution in [1.29, 1.82) is 0 Å². The molecule has 3 aromatic heterocycles. The maximum Gasteiger partial charge on any atom is 0.276 e. The predicted molar refractivity (Wildman–Crippen MR) is 101 cm³/mol. The van der Waals surface area contributed by atoms with E-state index in [-0.39, 0.29) is 5.91 Å². The van der Waals surface area contributed by atoms with Crippen LogP contribution >= 0.6 is 0 Å². The van der Waals surface area contributed by atoms with Crippen LogP contribution in [0.2, 0.25) is 0 Å². The van der Waals surface area contributed by atoms with Gasteiger partial charge in [0.2, 0.25) is 0 Å². The third-order valence-electron chi connectivity index (χ3n) is 5.84. The summed E-state index contributed by atoms with van der Waals surface area (Å²) in [6.45, 7) is 1.46. The van der Waals surface area contributed by atoms with E-state index in [4.69, 9.17) is 9.51 Å². The molecule has 1 amide bonds. The van der Waals surface area contributed by atoms with Crippen LogP contribution in [0, 0.1) is 0 Å². The third-order valence-corrected chi connectivity index (χ3v) is 5.84. The van der Waals surface area contributed by atoms with Crippen LogP contribution in [0.5, 0.6) is 0 Å². The van der Waals surface area contributed by atoms with Gasteiger partial charge in [0.05, 0.1) is 0 Å². The average Bonchev–Trinajstić information content (AvgIpc) is 3.17. The first-order chi connectivity index (χ1) is 13.3. The van der Waals surface area contributed by atoms with Gasteiger partial charge in [-0.3, -0.25) is 4.79 Å². The number of likely N-dealkylation sites (tertiary alicyclic amines) is 1. The molecule has 3 aromatic rings. The molecule has 1 saturated heterocycles. The van der Waals surface area contributed by atoms with Gasteiger partial charge in [-0.05, 0) is 56.4 Å². The summed E-state index contributed by atoms with van der Waals surface area (Å²) < 4.78 is 5.42. The summed E-state index contributed by atoms with van der Waals surface area (Å²) in [5, 5.41) is 5.16. The first-order valence-electron chi connectivity index (χ1n) is 9.78. The van der Waals surface area contributed by atoms with Crippen molar-refractivity contribution in [1.82, 2.24) is 20.0 Å². The smallest absolute Gasteiger partial charge is 0.276 e. The van der Waals surface area contributed by atoms with E-state index < -0.39 is 0 Å². The van der Waals surface area contributed by atoms with Crippen molar-refractivity contribution < 1.29 is 9.32 Å². The van der Waals surface area contributed by atoms with E-state index in [1.807, 2.05) is 17.0 Å². The van der Waals surface area contributed by atoms with Crippen molar-refractivity contribution in [3.05, 3.63) is 53.2 Å². The number of pyridine rings is 2. The van der Waals surface area contributed by atoms with Gasteiger partial charge in [0, 0.05) is 48.3 Å². The van der Waals surface area contributed by atoms with Crippen molar-refractivity contribution in [2.75, 3.05) is 13.1 Å². The molecule has 1 aliphatic heterocycles. The molecule has 0 bridgehead atoms. The maximum absolute atomic E-state index is 12.9. The maximum atomic E-state index is 12.9. The molecule has 0 unspecified atom stereocenters. The molecule has 4 heterocycles. The minimum atomic E-state index is 0.0217. The molecule has 0 saturated carbocycles. The standard InChI is InChI=1S/C21H22N4O2/c26-21(19-16-5-1-2-6-18(16)27-24-19)25-12-9-14(10-13-25)17-8-7-15-4-3-11-22-20(15)23-17/h3-4,7-8,11,14H,1-2,5-6,9-10,12-13H2. The molecule has 0 spiro atoms. The predicted octanol–water partition coefficient (Wildman–Crippen LogP) is 3.52. The third kappa shape index (κ3) is 2.99. The lowest BCUT2D eigenvalue weighted by Gasteiger charge is -2.31. The number of hydrogen-bond acceptors (Lipinski definition) is 5. The monoisotopic (exact) mass is 362 g/mol. The molecule has 0 radical (unpaired) electrons. The van der Waals surface area contributed by atoms with Crippen LogP contribution in [0.3, 0.4) is 0 Å². The second-order valence-corrected chi connectivity index (χ2v) is 7.49. The highest BCUT2D eigenvalue weighted by Gasteiger charge is 2.30. The quantitative estimate of drug-likeness (QED) is 0.697. The molecular formula is C21H22N4O2. The van der Waals surface area contributed by atoms with Crippen molar-refractivity contribution >= 4 is 16.9 Å². The second kappa shape index (κ2) is 6.76. The summed E-state index contributed by atoms with van der Waals surface area (Å²) in [6.07, 6.45) is 7.64. The Kier molecular flexibility index (Phi) is 4.11. The number of aromatic nitrogens is 3. The first-order valence-corrected chi connectivity index (χ1v) is 9.78. The number of hydrogen-bond donors (Lipinski definition) is 0. The molecule has 2 aliphatic rings.